The highest BCUT2D eigenvalue weighted by molar-refractivity contribution is 6.04. The van der Waals surface area contributed by atoms with Gasteiger partial charge in [-0.25, -0.2) is 4.79 Å². The molecule has 0 bridgehead atoms. The molecule has 2 amide bonds. The second-order valence-corrected chi connectivity index (χ2v) is 7.83. The monoisotopic (exact) mass is 474 g/mol. The Hall–Kier alpha value is -4.73. The predicted octanol–water partition coefficient (Wildman–Crippen LogP) is 3.85. The Morgan fingerprint density at radius 1 is 1.00 bits per heavy atom. The maximum Gasteiger partial charge on any atom is 0.419 e. The first kappa shape index (κ1) is 23.4. The summed E-state index contributed by atoms with van der Waals surface area (Å²) in [4.78, 5) is 47.2. The zero-order valence-electron chi connectivity index (χ0n) is 18.6. The Kier molecular flexibility index (Phi) is 7.01. The molecule has 178 valence electrons. The first-order valence-electron chi connectivity index (χ1n) is 10.9. The lowest BCUT2D eigenvalue weighted by Crippen LogP contribution is -2.24. The molecule has 0 spiro atoms. The number of nitro benzene ring substituents is 1. The van der Waals surface area contributed by atoms with Crippen molar-refractivity contribution in [3.63, 3.8) is 0 Å². The van der Waals surface area contributed by atoms with Crippen molar-refractivity contribution in [2.75, 3.05) is 5.32 Å². The summed E-state index contributed by atoms with van der Waals surface area (Å²) in [6.07, 6.45) is 0.539. The fourth-order valence-corrected chi connectivity index (χ4v) is 3.61. The number of aromatic nitrogens is 1. The average molecular weight is 474 g/mol. The molecule has 4 aromatic rings. The number of amides is 2. The van der Waals surface area contributed by atoms with Gasteiger partial charge in [0.2, 0.25) is 5.91 Å². The van der Waals surface area contributed by atoms with Crippen molar-refractivity contribution in [1.29, 1.82) is 0 Å². The number of nitrogens with zero attached hydrogens (tertiary/aromatic N) is 2. The van der Waals surface area contributed by atoms with Crippen molar-refractivity contribution in [1.82, 2.24) is 9.88 Å². The second-order valence-electron chi connectivity index (χ2n) is 7.83. The molecule has 1 heterocycles. The van der Waals surface area contributed by atoms with Crippen LogP contribution in [0.25, 0.3) is 11.1 Å². The number of carbonyl (C=O) groups is 2. The van der Waals surface area contributed by atoms with E-state index in [1.165, 1.54) is 22.8 Å². The van der Waals surface area contributed by atoms with Crippen LogP contribution in [0.3, 0.4) is 0 Å². The van der Waals surface area contributed by atoms with E-state index in [-0.39, 0.29) is 42.6 Å². The van der Waals surface area contributed by atoms with Crippen LogP contribution >= 0.6 is 0 Å². The number of nitro groups is 1. The van der Waals surface area contributed by atoms with E-state index in [1.807, 2.05) is 24.3 Å². The van der Waals surface area contributed by atoms with Crippen LogP contribution in [-0.4, -0.2) is 21.3 Å². The van der Waals surface area contributed by atoms with Gasteiger partial charge < -0.3 is 15.1 Å². The van der Waals surface area contributed by atoms with E-state index in [4.69, 9.17) is 4.42 Å². The molecular weight excluding hydrogens is 452 g/mol. The fourth-order valence-electron chi connectivity index (χ4n) is 3.61. The number of fused-ring (bicyclic) bond motifs is 1. The normalized spacial score (nSPS) is 10.7. The van der Waals surface area contributed by atoms with Crippen LogP contribution in [0.15, 0.2) is 82.0 Å². The van der Waals surface area contributed by atoms with Gasteiger partial charge in [0.1, 0.15) is 0 Å². The van der Waals surface area contributed by atoms with Gasteiger partial charge in [0.25, 0.3) is 11.6 Å². The van der Waals surface area contributed by atoms with E-state index in [9.17, 15) is 24.5 Å². The smallest absolute Gasteiger partial charge is 0.407 e. The molecule has 0 fully saturated rings. The van der Waals surface area contributed by atoms with E-state index < -0.39 is 10.7 Å². The Morgan fingerprint density at radius 3 is 2.57 bits per heavy atom. The van der Waals surface area contributed by atoms with E-state index in [1.54, 1.807) is 30.3 Å². The van der Waals surface area contributed by atoms with E-state index in [0.29, 0.717) is 23.2 Å². The van der Waals surface area contributed by atoms with Crippen molar-refractivity contribution in [2.24, 2.45) is 0 Å². The van der Waals surface area contributed by atoms with Crippen LogP contribution in [0.1, 0.15) is 28.8 Å². The Morgan fingerprint density at radius 2 is 1.80 bits per heavy atom. The van der Waals surface area contributed by atoms with Gasteiger partial charge in [-0.05, 0) is 42.3 Å². The van der Waals surface area contributed by atoms with Crippen molar-refractivity contribution >= 4 is 34.3 Å². The van der Waals surface area contributed by atoms with Crippen molar-refractivity contribution in [2.45, 2.75) is 25.9 Å². The van der Waals surface area contributed by atoms with Crippen molar-refractivity contribution in [3.8, 4) is 0 Å². The van der Waals surface area contributed by atoms with Crippen LogP contribution in [0.2, 0.25) is 0 Å². The van der Waals surface area contributed by atoms with E-state index in [2.05, 4.69) is 10.6 Å². The summed E-state index contributed by atoms with van der Waals surface area (Å²) >= 11 is 0. The summed E-state index contributed by atoms with van der Waals surface area (Å²) in [7, 11) is 0. The lowest BCUT2D eigenvalue weighted by Gasteiger charge is -2.09. The highest BCUT2D eigenvalue weighted by Crippen LogP contribution is 2.20. The number of nitrogens with one attached hydrogen (secondary N) is 2. The van der Waals surface area contributed by atoms with E-state index >= 15 is 0 Å². The molecule has 0 aliphatic heterocycles. The summed E-state index contributed by atoms with van der Waals surface area (Å²) in [5.74, 6) is -1.08. The van der Waals surface area contributed by atoms with Gasteiger partial charge in [0.05, 0.1) is 16.5 Å². The molecule has 0 saturated heterocycles. The fraction of sp³-hybridized carbons (Fsp3) is 0.160. The zero-order chi connectivity index (χ0) is 24.8. The molecule has 10 nitrogen and oxygen atoms in total. The van der Waals surface area contributed by atoms with Crippen molar-refractivity contribution < 1.29 is 18.9 Å². The number of benzene rings is 3. The van der Waals surface area contributed by atoms with Crippen LogP contribution in [0.5, 0.6) is 0 Å². The van der Waals surface area contributed by atoms with Crippen LogP contribution < -0.4 is 16.4 Å². The highest BCUT2D eigenvalue weighted by atomic mass is 16.6. The van der Waals surface area contributed by atoms with Crippen LogP contribution in [0.4, 0.5) is 11.4 Å². The number of oxazole rings is 1. The Bertz CT molecular complexity index is 1440. The molecule has 0 aliphatic rings. The van der Waals surface area contributed by atoms with Gasteiger partial charge in [-0.3, -0.25) is 24.3 Å². The largest absolute Gasteiger partial charge is 0.419 e. The third kappa shape index (κ3) is 5.80. The molecule has 1 aromatic heterocycles. The highest BCUT2D eigenvalue weighted by Gasteiger charge is 2.14. The van der Waals surface area contributed by atoms with Gasteiger partial charge in [-0.2, -0.15) is 0 Å². The lowest BCUT2D eigenvalue weighted by molar-refractivity contribution is -0.384. The zero-order valence-corrected chi connectivity index (χ0v) is 18.6. The molecule has 3 aromatic carbocycles. The van der Waals surface area contributed by atoms with Crippen molar-refractivity contribution in [3.05, 3.63) is 105 Å². The number of hydrogen-bond donors (Lipinski definition) is 2. The Balaban J connectivity index is 1.29. The Labute approximate surface area is 199 Å². The second kappa shape index (κ2) is 10.5. The molecule has 35 heavy (non-hydrogen) atoms. The summed E-state index contributed by atoms with van der Waals surface area (Å²) in [6, 6.07) is 20.1. The molecule has 0 atom stereocenters. The van der Waals surface area contributed by atoms with Gasteiger partial charge >= 0.3 is 5.76 Å². The van der Waals surface area contributed by atoms with Gasteiger partial charge in [0, 0.05) is 36.8 Å². The lowest BCUT2D eigenvalue weighted by atomic mass is 10.1. The number of aryl methyl sites for hydroxylation is 1. The van der Waals surface area contributed by atoms with E-state index in [0.717, 1.165) is 5.56 Å². The predicted molar refractivity (Wildman–Crippen MR) is 129 cm³/mol. The first-order chi connectivity index (χ1) is 16.9. The quantitative estimate of drug-likeness (QED) is 0.279. The summed E-state index contributed by atoms with van der Waals surface area (Å²) in [5, 5.41) is 16.5. The van der Waals surface area contributed by atoms with Gasteiger partial charge in [-0.1, -0.05) is 30.3 Å². The number of non-ortho nitro benzene ring substituents is 1. The summed E-state index contributed by atoms with van der Waals surface area (Å²) in [6.45, 7) is 0.482. The van der Waals surface area contributed by atoms with Crippen LogP contribution in [-0.2, 0) is 17.9 Å². The number of hydrogen-bond acceptors (Lipinski definition) is 6. The first-order valence-corrected chi connectivity index (χ1v) is 10.9. The molecule has 2 N–H and O–H groups in total. The van der Waals surface area contributed by atoms with Gasteiger partial charge in [-0.15, -0.1) is 0 Å². The number of anilines is 1. The third-order valence-electron chi connectivity index (χ3n) is 5.36. The standard InChI is InChI=1S/C25H22N4O6/c30-23(10-5-13-28-21-12-11-20(29(33)34)15-22(21)35-25(28)32)26-16-17-6-4-7-18(14-17)24(31)27-19-8-2-1-3-9-19/h1-4,6-9,11-12,14-15H,5,10,13,16H2,(H,26,30)(H,27,31). The SMILES string of the molecule is O=C(CCCn1c(=O)oc2cc([N+](=O)[O-])ccc21)NCc1cccc(C(=O)Nc2ccccc2)c1. The minimum atomic E-state index is -0.633. The number of para-hydroxylation sites is 1. The number of carbonyl (C=O) groups excluding carboxylic acids is 2. The molecule has 0 unspecified atom stereocenters. The molecule has 0 radical (unpaired) electrons. The topological polar surface area (TPSA) is 136 Å². The molecular formula is C25H22N4O6. The molecule has 4 rings (SSSR count). The minimum absolute atomic E-state index is 0.129. The average Bonchev–Trinajstić information content (AvgIpc) is 3.17. The van der Waals surface area contributed by atoms with Crippen LogP contribution in [0, 0.1) is 10.1 Å². The maximum atomic E-state index is 12.5. The third-order valence-corrected chi connectivity index (χ3v) is 5.36. The summed E-state index contributed by atoms with van der Waals surface area (Å²) in [5.41, 5.74) is 2.35. The van der Waals surface area contributed by atoms with Gasteiger partial charge in [0.15, 0.2) is 5.58 Å². The minimum Gasteiger partial charge on any atom is -0.407 e. The maximum absolute atomic E-state index is 12.5. The summed E-state index contributed by atoms with van der Waals surface area (Å²) < 4.78 is 6.44. The number of rotatable bonds is 9. The molecule has 0 aliphatic carbocycles. The molecule has 10 heteroatoms. The molecule has 0 saturated carbocycles.